The molecule has 1 aromatic rings. The molecule has 0 bridgehead atoms. The van der Waals surface area contributed by atoms with E-state index < -0.39 is 0 Å². The van der Waals surface area contributed by atoms with Crippen LogP contribution in [0.5, 0.6) is 0 Å². The van der Waals surface area contributed by atoms with Crippen molar-refractivity contribution in [2.45, 2.75) is 44.3 Å². The Bertz CT molecular complexity index is 465. The van der Waals surface area contributed by atoms with Crippen molar-refractivity contribution < 1.29 is 4.39 Å². The van der Waals surface area contributed by atoms with Crippen molar-refractivity contribution in [3.63, 3.8) is 0 Å². The first kappa shape index (κ1) is 13.3. The Balaban J connectivity index is 1.69. The number of benzene rings is 1. The summed E-state index contributed by atoms with van der Waals surface area (Å²) in [6.45, 7) is 4.55. The van der Waals surface area contributed by atoms with Gasteiger partial charge in [-0.3, -0.25) is 4.90 Å². The van der Waals surface area contributed by atoms with E-state index in [4.69, 9.17) is 11.6 Å². The number of rotatable bonds is 3. The lowest BCUT2D eigenvalue weighted by Gasteiger charge is -2.25. The predicted octanol–water partition coefficient (Wildman–Crippen LogP) is 3.37. The van der Waals surface area contributed by atoms with Crippen LogP contribution in [-0.2, 0) is 0 Å². The van der Waals surface area contributed by atoms with E-state index >= 15 is 0 Å². The van der Waals surface area contributed by atoms with Gasteiger partial charge in [-0.25, -0.2) is 4.39 Å². The molecule has 1 aromatic carbocycles. The molecule has 3 rings (SSSR count). The van der Waals surface area contributed by atoms with E-state index in [-0.39, 0.29) is 11.9 Å². The van der Waals surface area contributed by atoms with Crippen LogP contribution >= 0.6 is 11.6 Å². The topological polar surface area (TPSA) is 15.3 Å². The van der Waals surface area contributed by atoms with E-state index in [1.54, 1.807) is 6.07 Å². The van der Waals surface area contributed by atoms with Crippen molar-refractivity contribution in [3.8, 4) is 0 Å². The van der Waals surface area contributed by atoms with Gasteiger partial charge in [0, 0.05) is 29.7 Å². The fraction of sp³-hybridized carbons (Fsp3) is 0.600. The molecule has 0 spiro atoms. The number of halogens is 2. The van der Waals surface area contributed by atoms with Crippen LogP contribution in [0.15, 0.2) is 18.2 Å². The molecule has 2 aliphatic rings. The molecule has 2 heterocycles. The van der Waals surface area contributed by atoms with Gasteiger partial charge in [-0.2, -0.15) is 0 Å². The minimum Gasteiger partial charge on any atom is -0.306 e. The Hall–Kier alpha value is -0.640. The molecule has 0 aromatic heterocycles. The summed E-state index contributed by atoms with van der Waals surface area (Å²) >= 11 is 6.13. The van der Waals surface area contributed by atoms with E-state index in [2.05, 4.69) is 17.1 Å². The molecule has 0 amide bonds. The third-order valence-corrected chi connectivity index (χ3v) is 4.83. The van der Waals surface area contributed by atoms with Crippen molar-refractivity contribution in [1.82, 2.24) is 10.2 Å². The first-order chi connectivity index (χ1) is 9.15. The maximum absolute atomic E-state index is 13.1. The summed E-state index contributed by atoms with van der Waals surface area (Å²) in [5.41, 5.74) is 0.986. The van der Waals surface area contributed by atoms with Gasteiger partial charge in [0.1, 0.15) is 5.82 Å². The number of nitrogens with one attached hydrogen (secondary N) is 1. The van der Waals surface area contributed by atoms with E-state index in [0.717, 1.165) is 5.56 Å². The van der Waals surface area contributed by atoms with Crippen LogP contribution in [0.25, 0.3) is 0 Å². The highest BCUT2D eigenvalue weighted by atomic mass is 35.5. The van der Waals surface area contributed by atoms with E-state index in [1.165, 1.54) is 44.5 Å². The number of hydrogen-bond donors (Lipinski definition) is 1. The first-order valence-corrected chi connectivity index (χ1v) is 7.48. The van der Waals surface area contributed by atoms with Crippen LogP contribution in [0, 0.1) is 5.82 Å². The van der Waals surface area contributed by atoms with Gasteiger partial charge in [-0.05, 0) is 50.4 Å². The zero-order chi connectivity index (χ0) is 13.4. The molecular formula is C15H20ClFN2. The fourth-order valence-corrected chi connectivity index (χ4v) is 3.87. The summed E-state index contributed by atoms with van der Waals surface area (Å²) in [7, 11) is 0. The summed E-state index contributed by atoms with van der Waals surface area (Å²) in [6.07, 6.45) is 3.81. The maximum Gasteiger partial charge on any atom is 0.124 e. The number of fused-ring (bicyclic) bond motifs is 1. The normalized spacial score (nSPS) is 28.6. The lowest BCUT2D eigenvalue weighted by molar-refractivity contribution is 0.291. The average molecular weight is 283 g/mol. The molecule has 2 fully saturated rings. The van der Waals surface area contributed by atoms with Crippen LogP contribution in [0.1, 0.15) is 37.8 Å². The second-order valence-corrected chi connectivity index (χ2v) is 6.10. The Morgan fingerprint density at radius 3 is 3.00 bits per heavy atom. The van der Waals surface area contributed by atoms with Gasteiger partial charge in [0.25, 0.3) is 0 Å². The minimum atomic E-state index is -0.274. The number of nitrogens with zero attached hydrogens (tertiary/aromatic N) is 1. The molecule has 2 aliphatic heterocycles. The predicted molar refractivity (Wildman–Crippen MR) is 76.0 cm³/mol. The van der Waals surface area contributed by atoms with E-state index in [9.17, 15) is 4.39 Å². The van der Waals surface area contributed by atoms with Crippen molar-refractivity contribution in [3.05, 3.63) is 34.6 Å². The molecular weight excluding hydrogens is 263 g/mol. The minimum absolute atomic E-state index is 0.165. The average Bonchev–Trinajstić information content (AvgIpc) is 2.94. The molecule has 3 unspecified atom stereocenters. The largest absolute Gasteiger partial charge is 0.306 e. The van der Waals surface area contributed by atoms with Crippen LogP contribution < -0.4 is 5.32 Å². The van der Waals surface area contributed by atoms with Gasteiger partial charge < -0.3 is 5.32 Å². The third kappa shape index (κ3) is 2.64. The summed E-state index contributed by atoms with van der Waals surface area (Å²) < 4.78 is 13.1. The second kappa shape index (κ2) is 5.39. The highest BCUT2D eigenvalue weighted by Gasteiger charge is 2.37. The molecule has 1 N–H and O–H groups in total. The Morgan fingerprint density at radius 1 is 1.37 bits per heavy atom. The highest BCUT2D eigenvalue weighted by molar-refractivity contribution is 6.31. The molecule has 0 aliphatic carbocycles. The maximum atomic E-state index is 13.1. The summed E-state index contributed by atoms with van der Waals surface area (Å²) in [6, 6.07) is 6.05. The van der Waals surface area contributed by atoms with Gasteiger partial charge in [-0.1, -0.05) is 17.7 Å². The Morgan fingerprint density at radius 2 is 2.21 bits per heavy atom. The first-order valence-electron chi connectivity index (χ1n) is 7.10. The van der Waals surface area contributed by atoms with Crippen LogP contribution in [-0.4, -0.2) is 30.1 Å². The monoisotopic (exact) mass is 282 g/mol. The smallest absolute Gasteiger partial charge is 0.124 e. The van der Waals surface area contributed by atoms with Gasteiger partial charge in [0.2, 0.25) is 0 Å². The third-order valence-electron chi connectivity index (χ3n) is 4.50. The zero-order valence-corrected chi connectivity index (χ0v) is 12.0. The van der Waals surface area contributed by atoms with Gasteiger partial charge in [0.15, 0.2) is 0 Å². The molecule has 0 radical (unpaired) electrons. The Labute approximate surface area is 118 Å². The van der Waals surface area contributed by atoms with Crippen molar-refractivity contribution in [1.29, 1.82) is 0 Å². The molecule has 2 nitrogen and oxygen atoms in total. The fourth-order valence-electron chi connectivity index (χ4n) is 3.54. The molecule has 3 atom stereocenters. The second-order valence-electron chi connectivity index (χ2n) is 5.69. The molecule has 19 heavy (non-hydrogen) atoms. The standard InChI is InChI=1S/C15H20ClFN2/c1-10(12-5-4-11(17)9-13(12)16)18-14-6-8-19-7-2-3-15(14)19/h4-5,9-10,14-15,18H,2-3,6-8H2,1H3. The summed E-state index contributed by atoms with van der Waals surface area (Å²) in [4.78, 5) is 2.58. The van der Waals surface area contributed by atoms with Gasteiger partial charge >= 0.3 is 0 Å². The van der Waals surface area contributed by atoms with Gasteiger partial charge in [0.05, 0.1) is 0 Å². The molecule has 104 valence electrons. The molecule has 4 heteroatoms. The Kier molecular flexibility index (Phi) is 3.79. The van der Waals surface area contributed by atoms with Crippen LogP contribution in [0.3, 0.4) is 0 Å². The van der Waals surface area contributed by atoms with Crippen molar-refractivity contribution >= 4 is 11.6 Å². The van der Waals surface area contributed by atoms with Crippen molar-refractivity contribution in [2.75, 3.05) is 13.1 Å². The van der Waals surface area contributed by atoms with Crippen molar-refractivity contribution in [2.24, 2.45) is 0 Å². The lowest BCUT2D eigenvalue weighted by Crippen LogP contribution is -2.40. The highest BCUT2D eigenvalue weighted by Crippen LogP contribution is 2.31. The lowest BCUT2D eigenvalue weighted by atomic mass is 10.0. The summed E-state index contributed by atoms with van der Waals surface area (Å²) in [5, 5.41) is 4.19. The SMILES string of the molecule is CC(NC1CCN2CCCC12)c1ccc(F)cc1Cl. The van der Waals surface area contributed by atoms with Gasteiger partial charge in [-0.15, -0.1) is 0 Å². The molecule has 2 saturated heterocycles. The van der Waals surface area contributed by atoms with E-state index in [1.807, 2.05) is 0 Å². The quantitative estimate of drug-likeness (QED) is 0.914. The van der Waals surface area contributed by atoms with Crippen LogP contribution in [0.2, 0.25) is 5.02 Å². The molecule has 0 saturated carbocycles. The summed E-state index contributed by atoms with van der Waals surface area (Å²) in [5.74, 6) is -0.274. The number of hydrogen-bond acceptors (Lipinski definition) is 2. The van der Waals surface area contributed by atoms with E-state index in [0.29, 0.717) is 17.1 Å². The zero-order valence-electron chi connectivity index (χ0n) is 11.2. The van der Waals surface area contributed by atoms with Crippen LogP contribution in [0.4, 0.5) is 4.39 Å².